The van der Waals surface area contributed by atoms with Crippen molar-refractivity contribution < 1.29 is 19.1 Å². The molecular formula is C17H20N2O4. The molecule has 0 unspecified atom stereocenters. The van der Waals surface area contributed by atoms with E-state index < -0.39 is 0 Å². The number of benzene rings is 2. The highest BCUT2D eigenvalue weighted by Crippen LogP contribution is 2.33. The molecule has 6 heteroatoms. The van der Waals surface area contributed by atoms with E-state index in [0.29, 0.717) is 29.4 Å². The third-order valence-electron chi connectivity index (χ3n) is 3.36. The van der Waals surface area contributed by atoms with Crippen LogP contribution >= 0.6 is 0 Å². The van der Waals surface area contributed by atoms with Gasteiger partial charge < -0.3 is 15.2 Å². The van der Waals surface area contributed by atoms with Gasteiger partial charge in [-0.2, -0.15) is 0 Å². The summed E-state index contributed by atoms with van der Waals surface area (Å²) in [6, 6.07) is 12.8. The minimum atomic E-state index is -0.364. The van der Waals surface area contributed by atoms with Crippen LogP contribution in [0.5, 0.6) is 11.5 Å². The lowest BCUT2D eigenvalue weighted by Gasteiger charge is -2.17. The van der Waals surface area contributed by atoms with Gasteiger partial charge in [-0.15, -0.1) is 0 Å². The molecule has 0 saturated heterocycles. The number of anilines is 1. The first kappa shape index (κ1) is 16.6. The Bertz CT molecular complexity index is 674. The second kappa shape index (κ2) is 7.51. The monoisotopic (exact) mass is 316 g/mol. The van der Waals surface area contributed by atoms with Gasteiger partial charge >= 0.3 is 0 Å². The molecule has 0 fully saturated rings. The van der Waals surface area contributed by atoms with Crippen LogP contribution in [0, 0.1) is 0 Å². The number of nitrogens with zero attached hydrogens (tertiary/aromatic N) is 1. The highest BCUT2D eigenvalue weighted by molar-refractivity contribution is 5.99. The first-order chi connectivity index (χ1) is 11.1. The summed E-state index contributed by atoms with van der Waals surface area (Å²) >= 11 is 0. The number of rotatable bonds is 6. The number of carbonyl (C=O) groups excluding carboxylic acids is 1. The number of nitrogens with two attached hydrogens (primary N) is 1. The lowest BCUT2D eigenvalue weighted by molar-refractivity contribution is -0.0756. The summed E-state index contributed by atoms with van der Waals surface area (Å²) in [5, 5.41) is 1.10. The summed E-state index contributed by atoms with van der Waals surface area (Å²) in [7, 11) is 4.44. The minimum Gasteiger partial charge on any atom is -0.493 e. The predicted molar refractivity (Wildman–Crippen MR) is 87.3 cm³/mol. The van der Waals surface area contributed by atoms with E-state index in [1.807, 2.05) is 30.3 Å². The normalized spacial score (nSPS) is 10.2. The Morgan fingerprint density at radius 1 is 1.13 bits per heavy atom. The summed E-state index contributed by atoms with van der Waals surface area (Å²) in [5.74, 6) is 0.547. The van der Waals surface area contributed by atoms with Crippen LogP contribution in [0.1, 0.15) is 15.9 Å². The van der Waals surface area contributed by atoms with Gasteiger partial charge in [0.25, 0.3) is 5.91 Å². The van der Waals surface area contributed by atoms with Crippen LogP contribution < -0.4 is 15.2 Å². The number of methoxy groups -OCH3 is 1. The molecule has 0 atom stereocenters. The predicted octanol–water partition coefficient (Wildman–Crippen LogP) is 2.49. The Balaban J connectivity index is 2.28. The van der Waals surface area contributed by atoms with Crippen molar-refractivity contribution in [3.8, 4) is 11.5 Å². The van der Waals surface area contributed by atoms with Crippen molar-refractivity contribution in [2.24, 2.45) is 0 Å². The first-order valence-electron chi connectivity index (χ1n) is 7.03. The largest absolute Gasteiger partial charge is 0.493 e. The number of hydrogen-bond donors (Lipinski definition) is 1. The Morgan fingerprint density at radius 3 is 2.43 bits per heavy atom. The zero-order chi connectivity index (χ0) is 16.8. The number of carbonyl (C=O) groups is 1. The maximum absolute atomic E-state index is 12.2. The van der Waals surface area contributed by atoms with Gasteiger partial charge in [-0.3, -0.25) is 9.63 Å². The number of amides is 1. The fourth-order valence-electron chi connectivity index (χ4n) is 2.02. The van der Waals surface area contributed by atoms with Crippen molar-refractivity contribution in [1.82, 2.24) is 5.06 Å². The van der Waals surface area contributed by atoms with E-state index in [-0.39, 0.29) is 5.91 Å². The third kappa shape index (κ3) is 3.92. The summed E-state index contributed by atoms with van der Waals surface area (Å²) in [6.07, 6.45) is 0. The highest BCUT2D eigenvalue weighted by atomic mass is 16.7. The molecule has 2 rings (SSSR count). The second-order valence-corrected chi connectivity index (χ2v) is 4.85. The van der Waals surface area contributed by atoms with Gasteiger partial charge in [-0.1, -0.05) is 30.3 Å². The number of ether oxygens (including phenoxy) is 2. The second-order valence-electron chi connectivity index (χ2n) is 4.85. The van der Waals surface area contributed by atoms with E-state index in [1.165, 1.54) is 21.3 Å². The van der Waals surface area contributed by atoms with Crippen LogP contribution in [0.15, 0.2) is 42.5 Å². The molecular weight excluding hydrogens is 296 g/mol. The first-order valence-corrected chi connectivity index (χ1v) is 7.03. The molecule has 23 heavy (non-hydrogen) atoms. The minimum absolute atomic E-state index is 0.290. The zero-order valence-corrected chi connectivity index (χ0v) is 13.4. The van der Waals surface area contributed by atoms with Crippen LogP contribution in [0.2, 0.25) is 0 Å². The zero-order valence-electron chi connectivity index (χ0n) is 13.4. The van der Waals surface area contributed by atoms with Crippen molar-refractivity contribution in [1.29, 1.82) is 0 Å². The summed E-state index contributed by atoms with van der Waals surface area (Å²) in [6.45, 7) is 0.356. The molecule has 0 aliphatic carbocycles. The van der Waals surface area contributed by atoms with Crippen molar-refractivity contribution in [3.05, 3.63) is 53.6 Å². The van der Waals surface area contributed by atoms with Gasteiger partial charge in [0, 0.05) is 18.8 Å². The van der Waals surface area contributed by atoms with Crippen molar-refractivity contribution in [2.75, 3.05) is 27.0 Å². The quantitative estimate of drug-likeness (QED) is 0.654. The van der Waals surface area contributed by atoms with E-state index in [0.717, 1.165) is 10.6 Å². The molecule has 0 heterocycles. The number of hydrogen-bond acceptors (Lipinski definition) is 5. The fraction of sp³-hybridized carbons (Fsp3) is 0.235. The molecule has 1 amide bonds. The van der Waals surface area contributed by atoms with E-state index in [1.54, 1.807) is 12.1 Å². The molecule has 2 aromatic rings. The van der Waals surface area contributed by atoms with Gasteiger partial charge in [-0.05, 0) is 11.6 Å². The number of nitrogen functional groups attached to an aromatic ring is 1. The average Bonchev–Trinajstić information content (AvgIpc) is 2.59. The standard InChI is InChI=1S/C17H20N2O4/c1-19(22-3)17(20)13-9-16(15(21-2)10-14(13)18)23-11-12-7-5-4-6-8-12/h4-10H,11,18H2,1-3H3. The van der Waals surface area contributed by atoms with Crippen LogP contribution in [0.25, 0.3) is 0 Å². The van der Waals surface area contributed by atoms with Crippen molar-refractivity contribution in [3.63, 3.8) is 0 Å². The molecule has 2 aromatic carbocycles. The third-order valence-corrected chi connectivity index (χ3v) is 3.36. The van der Waals surface area contributed by atoms with Gasteiger partial charge in [-0.25, -0.2) is 5.06 Å². The summed E-state index contributed by atoms with van der Waals surface area (Å²) in [5.41, 5.74) is 7.52. The van der Waals surface area contributed by atoms with Crippen molar-refractivity contribution in [2.45, 2.75) is 6.61 Å². The average molecular weight is 316 g/mol. The van der Waals surface area contributed by atoms with Gasteiger partial charge in [0.1, 0.15) is 6.61 Å². The summed E-state index contributed by atoms with van der Waals surface area (Å²) < 4.78 is 11.1. The Hall–Kier alpha value is -2.73. The van der Waals surface area contributed by atoms with Gasteiger partial charge in [0.2, 0.25) is 0 Å². The smallest absolute Gasteiger partial charge is 0.279 e. The lowest BCUT2D eigenvalue weighted by Crippen LogP contribution is -2.26. The Kier molecular flexibility index (Phi) is 5.43. The lowest BCUT2D eigenvalue weighted by atomic mass is 10.1. The molecule has 0 aliphatic heterocycles. The van der Waals surface area contributed by atoms with Crippen LogP contribution in [0.4, 0.5) is 5.69 Å². The molecule has 0 saturated carbocycles. The van der Waals surface area contributed by atoms with Gasteiger partial charge in [0.05, 0.1) is 19.8 Å². The highest BCUT2D eigenvalue weighted by Gasteiger charge is 2.19. The maximum atomic E-state index is 12.2. The molecule has 0 bridgehead atoms. The van der Waals surface area contributed by atoms with E-state index in [9.17, 15) is 4.79 Å². The Labute approximate surface area is 135 Å². The topological polar surface area (TPSA) is 74.0 Å². The maximum Gasteiger partial charge on any atom is 0.279 e. The summed E-state index contributed by atoms with van der Waals surface area (Å²) in [4.78, 5) is 17.2. The number of hydroxylamine groups is 2. The van der Waals surface area contributed by atoms with Gasteiger partial charge in [0.15, 0.2) is 11.5 Å². The molecule has 0 spiro atoms. The molecule has 2 N–H and O–H groups in total. The fourth-order valence-corrected chi connectivity index (χ4v) is 2.02. The van der Waals surface area contributed by atoms with Crippen LogP contribution in [0.3, 0.4) is 0 Å². The van der Waals surface area contributed by atoms with E-state index in [4.69, 9.17) is 20.0 Å². The molecule has 122 valence electrons. The molecule has 6 nitrogen and oxygen atoms in total. The van der Waals surface area contributed by atoms with Crippen LogP contribution in [-0.4, -0.2) is 32.2 Å². The molecule has 0 aliphatic rings. The Morgan fingerprint density at radius 2 is 1.83 bits per heavy atom. The van der Waals surface area contributed by atoms with Crippen LogP contribution in [-0.2, 0) is 11.4 Å². The molecule has 0 aromatic heterocycles. The SMILES string of the molecule is COc1cc(N)c(C(=O)N(C)OC)cc1OCc1ccccc1. The molecule has 0 radical (unpaired) electrons. The van der Waals surface area contributed by atoms with Crippen molar-refractivity contribution >= 4 is 11.6 Å². The van der Waals surface area contributed by atoms with E-state index >= 15 is 0 Å². The van der Waals surface area contributed by atoms with E-state index in [2.05, 4.69) is 0 Å².